The minimum absolute atomic E-state index is 0.0527. The second-order valence-corrected chi connectivity index (χ2v) is 4.04. The lowest BCUT2D eigenvalue weighted by molar-refractivity contribution is 0.0696. The number of aromatic carboxylic acids is 1. The molecular formula is C11H13N3O3. The Labute approximate surface area is 98.3 Å². The van der Waals surface area contributed by atoms with Crippen LogP contribution in [0.3, 0.4) is 0 Å². The van der Waals surface area contributed by atoms with E-state index in [2.05, 4.69) is 10.3 Å². The van der Waals surface area contributed by atoms with Crippen molar-refractivity contribution < 1.29 is 14.7 Å². The van der Waals surface area contributed by atoms with E-state index in [-0.39, 0.29) is 11.6 Å². The van der Waals surface area contributed by atoms with Gasteiger partial charge in [-0.05, 0) is 18.9 Å². The number of hydrogen-bond acceptors (Lipinski definition) is 3. The molecule has 1 aromatic heterocycles. The van der Waals surface area contributed by atoms with Crippen molar-refractivity contribution in [3.05, 3.63) is 24.0 Å². The number of pyridine rings is 1. The molecule has 1 aliphatic carbocycles. The van der Waals surface area contributed by atoms with Gasteiger partial charge >= 0.3 is 12.0 Å². The third-order valence-electron chi connectivity index (χ3n) is 2.65. The molecule has 0 aliphatic heterocycles. The first kappa shape index (κ1) is 11.4. The molecule has 0 spiro atoms. The second kappa shape index (κ2) is 4.40. The van der Waals surface area contributed by atoms with Gasteiger partial charge in [-0.1, -0.05) is 0 Å². The van der Waals surface area contributed by atoms with Gasteiger partial charge in [-0.25, -0.2) is 9.59 Å². The molecule has 0 radical (unpaired) electrons. The Morgan fingerprint density at radius 2 is 2.18 bits per heavy atom. The Bertz CT molecular complexity index is 457. The van der Waals surface area contributed by atoms with Crippen molar-refractivity contribution in [2.24, 2.45) is 0 Å². The van der Waals surface area contributed by atoms with Gasteiger partial charge in [0.15, 0.2) is 0 Å². The molecule has 1 aliphatic rings. The highest BCUT2D eigenvalue weighted by atomic mass is 16.4. The Morgan fingerprint density at radius 1 is 1.47 bits per heavy atom. The number of carbonyl (C=O) groups excluding carboxylic acids is 1. The summed E-state index contributed by atoms with van der Waals surface area (Å²) in [6, 6.07) is 1.45. The van der Waals surface area contributed by atoms with Crippen LogP contribution in [-0.2, 0) is 0 Å². The van der Waals surface area contributed by atoms with Gasteiger partial charge in [-0.3, -0.25) is 4.98 Å². The molecule has 1 saturated carbocycles. The molecule has 2 N–H and O–H groups in total. The number of urea groups is 1. The highest BCUT2D eigenvalue weighted by molar-refractivity contribution is 5.92. The SMILES string of the molecule is CN(C(=O)Nc1cncc(C(=O)O)c1)C1CC1. The molecule has 0 bridgehead atoms. The zero-order valence-corrected chi connectivity index (χ0v) is 9.38. The average Bonchev–Trinajstić information content (AvgIpc) is 3.12. The van der Waals surface area contributed by atoms with E-state index < -0.39 is 5.97 Å². The van der Waals surface area contributed by atoms with Gasteiger partial charge < -0.3 is 15.3 Å². The highest BCUT2D eigenvalue weighted by Gasteiger charge is 2.29. The number of carboxylic acid groups (broad SMARTS) is 1. The van der Waals surface area contributed by atoms with Crippen LogP contribution in [0.15, 0.2) is 18.5 Å². The average molecular weight is 235 g/mol. The van der Waals surface area contributed by atoms with Gasteiger partial charge in [0.2, 0.25) is 0 Å². The van der Waals surface area contributed by atoms with E-state index in [0.29, 0.717) is 11.7 Å². The largest absolute Gasteiger partial charge is 0.478 e. The Morgan fingerprint density at radius 3 is 2.76 bits per heavy atom. The molecule has 1 fully saturated rings. The molecule has 0 atom stereocenters. The van der Waals surface area contributed by atoms with E-state index in [9.17, 15) is 9.59 Å². The fraction of sp³-hybridized carbons (Fsp3) is 0.364. The molecule has 90 valence electrons. The van der Waals surface area contributed by atoms with E-state index in [1.54, 1.807) is 11.9 Å². The van der Waals surface area contributed by atoms with Crippen LogP contribution in [0.5, 0.6) is 0 Å². The molecule has 17 heavy (non-hydrogen) atoms. The predicted octanol–water partition coefficient (Wildman–Crippen LogP) is 1.41. The lowest BCUT2D eigenvalue weighted by Gasteiger charge is -2.16. The first-order valence-corrected chi connectivity index (χ1v) is 5.30. The number of nitrogens with one attached hydrogen (secondary N) is 1. The van der Waals surface area contributed by atoms with Gasteiger partial charge in [-0.15, -0.1) is 0 Å². The molecule has 2 amide bonds. The van der Waals surface area contributed by atoms with E-state index in [0.717, 1.165) is 12.8 Å². The number of nitrogens with zero attached hydrogens (tertiary/aromatic N) is 2. The van der Waals surface area contributed by atoms with Crippen molar-refractivity contribution in [1.29, 1.82) is 0 Å². The minimum atomic E-state index is -1.07. The normalized spacial score (nSPS) is 14.2. The number of rotatable bonds is 3. The Balaban J connectivity index is 2.04. The van der Waals surface area contributed by atoms with Gasteiger partial charge in [0.1, 0.15) is 0 Å². The summed E-state index contributed by atoms with van der Waals surface area (Å²) < 4.78 is 0. The maximum absolute atomic E-state index is 11.7. The van der Waals surface area contributed by atoms with Crippen LogP contribution >= 0.6 is 0 Å². The van der Waals surface area contributed by atoms with Crippen molar-refractivity contribution in [2.45, 2.75) is 18.9 Å². The number of carboxylic acids is 1. The Kier molecular flexibility index (Phi) is 2.95. The summed E-state index contributed by atoms with van der Waals surface area (Å²) in [6.07, 6.45) is 4.71. The van der Waals surface area contributed by atoms with Gasteiger partial charge in [0.05, 0.1) is 17.4 Å². The quantitative estimate of drug-likeness (QED) is 0.829. The van der Waals surface area contributed by atoms with Gasteiger partial charge in [0, 0.05) is 19.3 Å². The van der Waals surface area contributed by atoms with E-state index in [1.165, 1.54) is 18.5 Å². The van der Waals surface area contributed by atoms with Crippen molar-refractivity contribution in [2.75, 3.05) is 12.4 Å². The molecule has 6 nitrogen and oxygen atoms in total. The smallest absolute Gasteiger partial charge is 0.337 e. The molecule has 0 saturated heterocycles. The standard InChI is InChI=1S/C11H13N3O3/c1-14(9-2-3-9)11(17)13-8-4-7(10(15)16)5-12-6-8/h4-6,9H,2-3H2,1H3,(H,13,17)(H,15,16). The molecule has 0 aromatic carbocycles. The fourth-order valence-electron chi connectivity index (χ4n) is 1.46. The number of amides is 2. The fourth-order valence-corrected chi connectivity index (χ4v) is 1.46. The number of anilines is 1. The van der Waals surface area contributed by atoms with Crippen molar-refractivity contribution in [1.82, 2.24) is 9.88 Å². The molecule has 2 rings (SSSR count). The van der Waals surface area contributed by atoms with Crippen LogP contribution in [0.4, 0.5) is 10.5 Å². The monoisotopic (exact) mass is 235 g/mol. The maximum atomic E-state index is 11.7. The Hall–Kier alpha value is -2.11. The van der Waals surface area contributed by atoms with Crippen molar-refractivity contribution in [3.63, 3.8) is 0 Å². The summed E-state index contributed by atoms with van der Waals surface area (Å²) in [4.78, 5) is 27.8. The minimum Gasteiger partial charge on any atom is -0.478 e. The van der Waals surface area contributed by atoms with Gasteiger partial charge in [0.25, 0.3) is 0 Å². The van der Waals surface area contributed by atoms with Crippen LogP contribution in [-0.4, -0.2) is 40.1 Å². The van der Waals surface area contributed by atoms with E-state index in [1.807, 2.05) is 0 Å². The molecular weight excluding hydrogens is 222 g/mol. The number of aromatic nitrogens is 1. The second-order valence-electron chi connectivity index (χ2n) is 4.04. The van der Waals surface area contributed by atoms with Crippen LogP contribution in [0, 0.1) is 0 Å². The van der Waals surface area contributed by atoms with Crippen LogP contribution in [0.25, 0.3) is 0 Å². The van der Waals surface area contributed by atoms with Crippen LogP contribution in [0.1, 0.15) is 23.2 Å². The zero-order chi connectivity index (χ0) is 12.4. The maximum Gasteiger partial charge on any atom is 0.337 e. The first-order chi connectivity index (χ1) is 8.08. The lowest BCUT2D eigenvalue weighted by atomic mass is 10.2. The topological polar surface area (TPSA) is 82.5 Å². The van der Waals surface area contributed by atoms with Crippen LogP contribution < -0.4 is 5.32 Å². The third kappa shape index (κ3) is 2.72. The molecule has 6 heteroatoms. The zero-order valence-electron chi connectivity index (χ0n) is 9.38. The molecule has 1 aromatic rings. The summed E-state index contributed by atoms with van der Waals surface area (Å²) in [5.74, 6) is -1.07. The lowest BCUT2D eigenvalue weighted by Crippen LogP contribution is -2.33. The summed E-state index contributed by atoms with van der Waals surface area (Å²) >= 11 is 0. The molecule has 1 heterocycles. The van der Waals surface area contributed by atoms with Gasteiger partial charge in [-0.2, -0.15) is 0 Å². The highest BCUT2D eigenvalue weighted by Crippen LogP contribution is 2.25. The number of hydrogen-bond donors (Lipinski definition) is 2. The molecule has 0 unspecified atom stereocenters. The summed E-state index contributed by atoms with van der Waals surface area (Å²) in [7, 11) is 1.72. The van der Waals surface area contributed by atoms with E-state index in [4.69, 9.17) is 5.11 Å². The van der Waals surface area contributed by atoms with Crippen molar-refractivity contribution in [3.8, 4) is 0 Å². The first-order valence-electron chi connectivity index (χ1n) is 5.30. The van der Waals surface area contributed by atoms with E-state index >= 15 is 0 Å². The third-order valence-corrected chi connectivity index (χ3v) is 2.65. The summed E-state index contributed by atoms with van der Waals surface area (Å²) in [5, 5.41) is 11.4. The van der Waals surface area contributed by atoms with Crippen LogP contribution in [0.2, 0.25) is 0 Å². The summed E-state index contributed by atoms with van der Waals surface area (Å²) in [6.45, 7) is 0. The predicted molar refractivity (Wildman–Crippen MR) is 61.0 cm³/mol. The van der Waals surface area contributed by atoms with Crippen molar-refractivity contribution >= 4 is 17.7 Å². The summed E-state index contributed by atoms with van der Waals surface area (Å²) in [5.41, 5.74) is 0.444. The number of carbonyl (C=O) groups is 2.